The molecule has 4 rings (SSSR count). The first-order valence-electron chi connectivity index (χ1n) is 8.39. The van der Waals surface area contributed by atoms with Crippen LogP contribution in [0.5, 0.6) is 5.75 Å². The van der Waals surface area contributed by atoms with Gasteiger partial charge in [-0.05, 0) is 35.7 Å². The monoisotopic (exact) mass is 352 g/mol. The van der Waals surface area contributed by atoms with E-state index in [0.29, 0.717) is 29.9 Å². The molecule has 1 amide bonds. The van der Waals surface area contributed by atoms with E-state index >= 15 is 0 Å². The van der Waals surface area contributed by atoms with E-state index in [1.165, 1.54) is 16.7 Å². The molecule has 0 fully saturated rings. The van der Waals surface area contributed by atoms with Gasteiger partial charge in [0.2, 0.25) is 5.91 Å². The molecule has 1 aliphatic rings. The molecule has 2 heterocycles. The minimum atomic E-state index is -0.368. The fourth-order valence-corrected chi connectivity index (χ4v) is 3.18. The predicted octanol–water partition coefficient (Wildman–Crippen LogP) is 2.56. The molecule has 6 heteroatoms. The SMILES string of the molecule is O=C(Cn1ccc2ccccc2c1=O)N1CCOc2ccc(F)cc2C1. The van der Waals surface area contributed by atoms with Gasteiger partial charge < -0.3 is 14.2 Å². The number of hydrogen-bond acceptors (Lipinski definition) is 3. The smallest absolute Gasteiger partial charge is 0.258 e. The van der Waals surface area contributed by atoms with Crippen molar-refractivity contribution in [3.05, 3.63) is 76.5 Å². The van der Waals surface area contributed by atoms with Crippen LogP contribution in [0.25, 0.3) is 10.8 Å². The van der Waals surface area contributed by atoms with Crippen molar-refractivity contribution in [3.8, 4) is 5.75 Å². The summed E-state index contributed by atoms with van der Waals surface area (Å²) in [6.07, 6.45) is 1.63. The normalized spacial score (nSPS) is 13.8. The third kappa shape index (κ3) is 3.06. The van der Waals surface area contributed by atoms with Crippen LogP contribution in [0.4, 0.5) is 4.39 Å². The van der Waals surface area contributed by atoms with Crippen molar-refractivity contribution < 1.29 is 13.9 Å². The van der Waals surface area contributed by atoms with Crippen LogP contribution in [0.15, 0.2) is 59.5 Å². The molecule has 0 bridgehead atoms. The summed E-state index contributed by atoms with van der Waals surface area (Å²) in [5, 5.41) is 1.42. The van der Waals surface area contributed by atoms with Crippen LogP contribution in [0, 0.1) is 5.82 Å². The lowest BCUT2D eigenvalue weighted by Crippen LogP contribution is -2.37. The van der Waals surface area contributed by atoms with Gasteiger partial charge in [0.15, 0.2) is 0 Å². The molecule has 5 nitrogen and oxygen atoms in total. The highest BCUT2D eigenvalue weighted by molar-refractivity contribution is 5.82. The van der Waals surface area contributed by atoms with Gasteiger partial charge in [-0.25, -0.2) is 4.39 Å². The maximum absolute atomic E-state index is 13.5. The van der Waals surface area contributed by atoms with Crippen molar-refractivity contribution in [2.75, 3.05) is 13.2 Å². The molecule has 0 N–H and O–H groups in total. The Morgan fingerprint density at radius 2 is 2.00 bits per heavy atom. The number of rotatable bonds is 2. The van der Waals surface area contributed by atoms with Crippen LogP contribution in [-0.2, 0) is 17.9 Å². The summed E-state index contributed by atoms with van der Waals surface area (Å²) in [4.78, 5) is 26.9. The lowest BCUT2D eigenvalue weighted by Gasteiger charge is -2.20. The summed E-state index contributed by atoms with van der Waals surface area (Å²) in [5.41, 5.74) is 0.427. The van der Waals surface area contributed by atoms with Crippen LogP contribution in [-0.4, -0.2) is 28.5 Å². The Morgan fingerprint density at radius 3 is 2.88 bits per heavy atom. The van der Waals surface area contributed by atoms with Gasteiger partial charge in [-0.1, -0.05) is 18.2 Å². The lowest BCUT2D eigenvalue weighted by molar-refractivity contribution is -0.132. The summed E-state index contributed by atoms with van der Waals surface area (Å²) in [5.74, 6) is 0.0139. The minimum absolute atomic E-state index is 0.0612. The number of hydrogen-bond donors (Lipinski definition) is 0. The van der Waals surface area contributed by atoms with E-state index in [2.05, 4.69) is 0 Å². The Bertz CT molecular complexity index is 1040. The Morgan fingerprint density at radius 1 is 1.15 bits per heavy atom. The van der Waals surface area contributed by atoms with E-state index in [9.17, 15) is 14.0 Å². The minimum Gasteiger partial charge on any atom is -0.491 e. The molecule has 0 saturated carbocycles. The first-order valence-corrected chi connectivity index (χ1v) is 8.39. The second-order valence-electron chi connectivity index (χ2n) is 6.25. The summed E-state index contributed by atoms with van der Waals surface area (Å²) in [7, 11) is 0. The highest BCUT2D eigenvalue weighted by atomic mass is 19.1. The number of benzene rings is 2. The molecule has 0 spiro atoms. The van der Waals surface area contributed by atoms with Gasteiger partial charge in [0, 0.05) is 23.7 Å². The van der Waals surface area contributed by atoms with Gasteiger partial charge in [0.25, 0.3) is 5.56 Å². The number of halogens is 1. The predicted molar refractivity (Wildman–Crippen MR) is 95.5 cm³/mol. The molecular weight excluding hydrogens is 335 g/mol. The third-order valence-electron chi connectivity index (χ3n) is 4.55. The second kappa shape index (κ2) is 6.63. The maximum atomic E-state index is 13.5. The summed E-state index contributed by atoms with van der Waals surface area (Å²) < 4.78 is 20.5. The lowest BCUT2D eigenvalue weighted by atomic mass is 10.1. The van der Waals surface area contributed by atoms with Crippen LogP contribution >= 0.6 is 0 Å². The molecule has 3 aromatic rings. The molecule has 0 unspecified atom stereocenters. The zero-order chi connectivity index (χ0) is 18.1. The first-order chi connectivity index (χ1) is 12.6. The molecule has 1 aliphatic heterocycles. The number of amides is 1. The topological polar surface area (TPSA) is 51.5 Å². The summed E-state index contributed by atoms with van der Waals surface area (Å²) in [6.45, 7) is 0.914. The fourth-order valence-electron chi connectivity index (χ4n) is 3.18. The maximum Gasteiger partial charge on any atom is 0.258 e. The van der Waals surface area contributed by atoms with Gasteiger partial charge in [-0.3, -0.25) is 9.59 Å². The molecule has 2 aromatic carbocycles. The van der Waals surface area contributed by atoms with Gasteiger partial charge >= 0.3 is 0 Å². The standard InChI is InChI=1S/C20H17FN2O3/c21-16-5-6-18-15(11-16)12-22(9-10-26-18)19(24)13-23-8-7-14-3-1-2-4-17(14)20(23)25/h1-8,11H,9-10,12-13H2. The van der Waals surface area contributed by atoms with Gasteiger partial charge in [0.05, 0.1) is 6.54 Å². The number of aromatic nitrogens is 1. The third-order valence-corrected chi connectivity index (χ3v) is 4.55. The molecule has 1 aromatic heterocycles. The van der Waals surface area contributed by atoms with E-state index < -0.39 is 0 Å². The largest absolute Gasteiger partial charge is 0.491 e. The highest BCUT2D eigenvalue weighted by Gasteiger charge is 2.21. The van der Waals surface area contributed by atoms with Gasteiger partial charge in [-0.15, -0.1) is 0 Å². The molecule has 0 aliphatic carbocycles. The van der Waals surface area contributed by atoms with Crippen LogP contribution in [0.1, 0.15) is 5.56 Å². The number of carbonyl (C=O) groups is 1. The molecule has 0 radical (unpaired) electrons. The van der Waals surface area contributed by atoms with Crippen LogP contribution in [0.2, 0.25) is 0 Å². The zero-order valence-corrected chi connectivity index (χ0v) is 14.0. The van der Waals surface area contributed by atoms with Crippen molar-refractivity contribution in [1.29, 1.82) is 0 Å². The number of pyridine rings is 1. The molecule has 0 atom stereocenters. The van der Waals surface area contributed by atoms with Crippen molar-refractivity contribution in [2.45, 2.75) is 13.1 Å². The van der Waals surface area contributed by atoms with E-state index in [1.807, 2.05) is 18.2 Å². The molecular formula is C20H17FN2O3. The quantitative estimate of drug-likeness (QED) is 0.712. The van der Waals surface area contributed by atoms with Crippen molar-refractivity contribution >= 4 is 16.7 Å². The van der Waals surface area contributed by atoms with Gasteiger partial charge in [0.1, 0.15) is 24.7 Å². The Hall–Kier alpha value is -3.15. The fraction of sp³-hybridized carbons (Fsp3) is 0.200. The number of fused-ring (bicyclic) bond motifs is 2. The van der Waals surface area contributed by atoms with Crippen LogP contribution < -0.4 is 10.3 Å². The average molecular weight is 352 g/mol. The first kappa shape index (κ1) is 16.3. The van der Waals surface area contributed by atoms with Crippen molar-refractivity contribution in [1.82, 2.24) is 9.47 Å². The Balaban J connectivity index is 1.58. The van der Waals surface area contributed by atoms with E-state index in [4.69, 9.17) is 4.74 Å². The van der Waals surface area contributed by atoms with E-state index in [1.54, 1.807) is 29.3 Å². The molecule has 132 valence electrons. The van der Waals surface area contributed by atoms with E-state index in [-0.39, 0.29) is 30.4 Å². The zero-order valence-electron chi connectivity index (χ0n) is 14.0. The molecule has 0 saturated heterocycles. The highest BCUT2D eigenvalue weighted by Crippen LogP contribution is 2.24. The Labute approximate surface area is 149 Å². The summed E-state index contributed by atoms with van der Waals surface area (Å²) in [6, 6.07) is 13.4. The second-order valence-corrected chi connectivity index (χ2v) is 6.25. The van der Waals surface area contributed by atoms with Crippen molar-refractivity contribution in [2.24, 2.45) is 0 Å². The average Bonchev–Trinajstić information content (AvgIpc) is 2.86. The molecule has 26 heavy (non-hydrogen) atoms. The Kier molecular flexibility index (Phi) is 4.16. The number of nitrogens with zero attached hydrogens (tertiary/aromatic N) is 2. The van der Waals surface area contributed by atoms with Gasteiger partial charge in [-0.2, -0.15) is 0 Å². The summed E-state index contributed by atoms with van der Waals surface area (Å²) >= 11 is 0. The van der Waals surface area contributed by atoms with Crippen LogP contribution in [0.3, 0.4) is 0 Å². The number of ether oxygens (including phenoxy) is 1. The van der Waals surface area contributed by atoms with E-state index in [0.717, 1.165) is 5.39 Å². The number of carbonyl (C=O) groups excluding carboxylic acids is 1. The van der Waals surface area contributed by atoms with Crippen molar-refractivity contribution in [3.63, 3.8) is 0 Å².